The van der Waals surface area contributed by atoms with Gasteiger partial charge in [0.05, 0.1) is 25.9 Å². The highest BCUT2D eigenvalue weighted by atomic mass is 32.1. The summed E-state index contributed by atoms with van der Waals surface area (Å²) in [7, 11) is 0. The Balaban J connectivity index is 1.92. The van der Waals surface area contributed by atoms with Crippen LogP contribution in [0, 0.1) is 0 Å². The molecular weight excluding hydrogens is 300 g/mol. The lowest BCUT2D eigenvalue weighted by atomic mass is 10.4. The number of hydrogen-bond acceptors (Lipinski definition) is 5. The molecule has 0 saturated heterocycles. The topological polar surface area (TPSA) is 70.4 Å². The second-order valence-electron chi connectivity index (χ2n) is 5.00. The van der Waals surface area contributed by atoms with E-state index in [1.54, 1.807) is 28.3 Å². The molecular formula is C15H22N4O2S. The summed E-state index contributed by atoms with van der Waals surface area (Å²) in [6, 6.07) is 5.84. The molecule has 0 bridgehead atoms. The Kier molecular flexibility index (Phi) is 6.57. The molecule has 0 spiro atoms. The largest absolute Gasteiger partial charge is 0.395 e. The number of aliphatic hydroxyl groups is 1. The van der Waals surface area contributed by atoms with Gasteiger partial charge in [0.15, 0.2) is 0 Å². The fourth-order valence-corrected chi connectivity index (χ4v) is 2.91. The molecule has 2 heterocycles. The number of carbonyl (C=O) groups excluding carboxylic acids is 1. The summed E-state index contributed by atoms with van der Waals surface area (Å²) in [4.78, 5) is 15.3. The Hall–Kier alpha value is -1.70. The van der Waals surface area contributed by atoms with Crippen molar-refractivity contribution < 1.29 is 9.90 Å². The predicted molar refractivity (Wildman–Crippen MR) is 88.1 cm³/mol. The van der Waals surface area contributed by atoms with Crippen LogP contribution in [-0.4, -0.2) is 51.9 Å². The molecule has 0 fully saturated rings. The zero-order valence-corrected chi connectivity index (χ0v) is 13.6. The van der Waals surface area contributed by atoms with Crippen molar-refractivity contribution in [1.29, 1.82) is 0 Å². The predicted octanol–water partition coefficient (Wildman–Crippen LogP) is 1.64. The number of carbonyl (C=O) groups is 1. The van der Waals surface area contributed by atoms with E-state index in [1.807, 2.05) is 22.4 Å². The molecule has 0 atom stereocenters. The second-order valence-corrected chi connectivity index (χ2v) is 6.03. The third kappa shape index (κ3) is 4.94. The molecule has 0 aliphatic heterocycles. The van der Waals surface area contributed by atoms with Gasteiger partial charge in [-0.15, -0.1) is 11.3 Å². The van der Waals surface area contributed by atoms with Crippen molar-refractivity contribution in [2.24, 2.45) is 0 Å². The monoisotopic (exact) mass is 322 g/mol. The molecule has 0 aliphatic carbocycles. The van der Waals surface area contributed by atoms with Gasteiger partial charge in [0.1, 0.15) is 5.82 Å². The van der Waals surface area contributed by atoms with Crippen LogP contribution in [0.3, 0.4) is 0 Å². The van der Waals surface area contributed by atoms with E-state index in [0.717, 1.165) is 13.0 Å². The number of aliphatic hydroxyl groups excluding tert-OH is 1. The summed E-state index contributed by atoms with van der Waals surface area (Å²) >= 11 is 1.66. The third-order valence-corrected chi connectivity index (χ3v) is 4.05. The number of hydrogen-bond donors (Lipinski definition) is 2. The van der Waals surface area contributed by atoms with Crippen LogP contribution in [0.5, 0.6) is 0 Å². The maximum atomic E-state index is 12.2. The third-order valence-electron chi connectivity index (χ3n) is 3.19. The molecule has 0 aromatic carbocycles. The quantitative estimate of drug-likeness (QED) is 0.736. The summed E-state index contributed by atoms with van der Waals surface area (Å²) < 4.78 is 1.78. The molecule has 22 heavy (non-hydrogen) atoms. The molecule has 0 saturated carbocycles. The first-order chi connectivity index (χ1) is 10.7. The van der Waals surface area contributed by atoms with Crippen LogP contribution in [0.1, 0.15) is 18.2 Å². The van der Waals surface area contributed by atoms with Gasteiger partial charge in [-0.25, -0.2) is 4.68 Å². The van der Waals surface area contributed by atoms with E-state index in [4.69, 9.17) is 5.11 Å². The SMILES string of the molecule is CCCN(CCO)CC(=O)Nc1ccnn1Cc1cccs1. The summed E-state index contributed by atoms with van der Waals surface area (Å²) in [5.41, 5.74) is 0. The van der Waals surface area contributed by atoms with Gasteiger partial charge in [-0.1, -0.05) is 13.0 Å². The summed E-state index contributed by atoms with van der Waals surface area (Å²) in [6.07, 6.45) is 2.63. The number of nitrogens with zero attached hydrogens (tertiary/aromatic N) is 3. The second kappa shape index (κ2) is 8.67. The van der Waals surface area contributed by atoms with Gasteiger partial charge in [-0.2, -0.15) is 5.10 Å². The molecule has 1 amide bonds. The Labute approximate surface area is 134 Å². The van der Waals surface area contributed by atoms with E-state index in [2.05, 4.69) is 17.3 Å². The zero-order chi connectivity index (χ0) is 15.8. The summed E-state index contributed by atoms with van der Waals surface area (Å²) in [5, 5.41) is 18.2. The molecule has 120 valence electrons. The van der Waals surface area contributed by atoms with E-state index in [1.165, 1.54) is 4.88 Å². The number of thiophene rings is 1. The molecule has 6 nitrogen and oxygen atoms in total. The Morgan fingerprint density at radius 3 is 3.00 bits per heavy atom. The smallest absolute Gasteiger partial charge is 0.239 e. The minimum atomic E-state index is -0.0881. The van der Waals surface area contributed by atoms with E-state index in [0.29, 0.717) is 18.9 Å². The first-order valence-corrected chi connectivity index (χ1v) is 8.28. The van der Waals surface area contributed by atoms with Crippen LogP contribution in [0.15, 0.2) is 29.8 Å². The van der Waals surface area contributed by atoms with Crippen LogP contribution < -0.4 is 5.32 Å². The molecule has 7 heteroatoms. The highest BCUT2D eigenvalue weighted by Gasteiger charge is 2.12. The zero-order valence-electron chi connectivity index (χ0n) is 12.7. The number of amides is 1. The van der Waals surface area contributed by atoms with Gasteiger partial charge >= 0.3 is 0 Å². The minimum Gasteiger partial charge on any atom is -0.395 e. The Bertz CT molecular complexity index is 562. The highest BCUT2D eigenvalue weighted by Crippen LogP contribution is 2.14. The number of anilines is 1. The van der Waals surface area contributed by atoms with Crippen molar-refractivity contribution >= 4 is 23.1 Å². The molecule has 0 radical (unpaired) electrons. The Morgan fingerprint density at radius 2 is 2.32 bits per heavy atom. The maximum Gasteiger partial charge on any atom is 0.239 e. The minimum absolute atomic E-state index is 0.0591. The number of aromatic nitrogens is 2. The summed E-state index contributed by atoms with van der Waals surface area (Å²) in [6.45, 7) is 4.34. The fraction of sp³-hybridized carbons (Fsp3) is 0.467. The fourth-order valence-electron chi connectivity index (χ4n) is 2.23. The van der Waals surface area contributed by atoms with Crippen LogP contribution in [-0.2, 0) is 11.3 Å². The van der Waals surface area contributed by atoms with E-state index in [-0.39, 0.29) is 19.1 Å². The van der Waals surface area contributed by atoms with Crippen LogP contribution in [0.25, 0.3) is 0 Å². The van der Waals surface area contributed by atoms with Crippen molar-refractivity contribution in [2.75, 3.05) is 31.6 Å². The Morgan fingerprint density at radius 1 is 1.45 bits per heavy atom. The van der Waals surface area contributed by atoms with Gasteiger partial charge in [-0.05, 0) is 24.4 Å². The van der Waals surface area contributed by atoms with Crippen molar-refractivity contribution in [3.63, 3.8) is 0 Å². The molecule has 2 aromatic heterocycles. The standard InChI is InChI=1S/C15H22N4O2S/c1-2-7-18(8-9-20)12-15(21)17-14-5-6-16-19(14)11-13-4-3-10-22-13/h3-6,10,20H,2,7-9,11-12H2,1H3,(H,17,21). The average Bonchev–Trinajstić information content (AvgIpc) is 3.13. The van der Waals surface area contributed by atoms with Crippen molar-refractivity contribution in [1.82, 2.24) is 14.7 Å². The van der Waals surface area contributed by atoms with Gasteiger partial charge in [-0.3, -0.25) is 9.69 Å². The maximum absolute atomic E-state index is 12.2. The highest BCUT2D eigenvalue weighted by molar-refractivity contribution is 7.09. The number of rotatable bonds is 9. The van der Waals surface area contributed by atoms with Crippen molar-refractivity contribution in [3.05, 3.63) is 34.7 Å². The number of nitrogens with one attached hydrogen (secondary N) is 1. The van der Waals surface area contributed by atoms with E-state index < -0.39 is 0 Å². The van der Waals surface area contributed by atoms with Crippen LogP contribution in [0.4, 0.5) is 5.82 Å². The van der Waals surface area contributed by atoms with Gasteiger partial charge in [0, 0.05) is 17.5 Å². The lowest BCUT2D eigenvalue weighted by molar-refractivity contribution is -0.117. The average molecular weight is 322 g/mol. The molecule has 2 aromatic rings. The first kappa shape index (κ1) is 16.7. The molecule has 2 rings (SSSR count). The van der Waals surface area contributed by atoms with Crippen LogP contribution in [0.2, 0.25) is 0 Å². The molecule has 0 unspecified atom stereocenters. The molecule has 0 aliphatic rings. The van der Waals surface area contributed by atoms with Gasteiger partial charge in [0.25, 0.3) is 0 Å². The van der Waals surface area contributed by atoms with Crippen molar-refractivity contribution in [2.45, 2.75) is 19.9 Å². The first-order valence-electron chi connectivity index (χ1n) is 7.40. The van der Waals surface area contributed by atoms with E-state index in [9.17, 15) is 4.79 Å². The van der Waals surface area contributed by atoms with Crippen LogP contribution >= 0.6 is 11.3 Å². The van der Waals surface area contributed by atoms with Gasteiger partial charge < -0.3 is 10.4 Å². The summed E-state index contributed by atoms with van der Waals surface area (Å²) in [5.74, 6) is 0.605. The normalized spacial score (nSPS) is 11.0. The van der Waals surface area contributed by atoms with E-state index >= 15 is 0 Å². The lowest BCUT2D eigenvalue weighted by Gasteiger charge is -2.19. The molecule has 2 N–H and O–H groups in total. The van der Waals surface area contributed by atoms with Crippen molar-refractivity contribution in [3.8, 4) is 0 Å². The lowest BCUT2D eigenvalue weighted by Crippen LogP contribution is -2.36. The van der Waals surface area contributed by atoms with Gasteiger partial charge in [0.2, 0.25) is 5.91 Å².